The van der Waals surface area contributed by atoms with Gasteiger partial charge in [-0.25, -0.2) is 4.98 Å². The van der Waals surface area contributed by atoms with E-state index < -0.39 is 0 Å². The Balaban J connectivity index is 2.37. The van der Waals surface area contributed by atoms with Crippen LogP contribution in [0.4, 0.5) is 5.82 Å². The normalized spacial score (nSPS) is 11.0. The Morgan fingerprint density at radius 1 is 1.11 bits per heavy atom. The van der Waals surface area contributed by atoms with Gasteiger partial charge in [0, 0.05) is 20.1 Å². The van der Waals surface area contributed by atoms with Gasteiger partial charge in [0.2, 0.25) is 0 Å². The number of aromatic nitrogens is 2. The molecule has 0 unspecified atom stereocenters. The maximum atomic E-state index is 4.46. The molecule has 1 heterocycles. The van der Waals surface area contributed by atoms with Gasteiger partial charge in [0.15, 0.2) is 0 Å². The van der Waals surface area contributed by atoms with E-state index in [2.05, 4.69) is 53.2 Å². The molecule has 0 amide bonds. The van der Waals surface area contributed by atoms with Gasteiger partial charge in [-0.05, 0) is 40.0 Å². The first-order valence-electron chi connectivity index (χ1n) is 7.01. The molecule has 1 aromatic rings. The molecule has 1 aromatic heterocycles. The molecule has 0 bridgehead atoms. The van der Waals surface area contributed by atoms with Crippen LogP contribution in [0.5, 0.6) is 0 Å². The lowest BCUT2D eigenvalue weighted by atomic mass is 10.3. The summed E-state index contributed by atoms with van der Waals surface area (Å²) in [4.78, 5) is 13.3. The Bertz CT molecular complexity index is 336. The summed E-state index contributed by atoms with van der Waals surface area (Å²) < 4.78 is 0. The molecule has 0 aromatic carbocycles. The number of rotatable bonds is 9. The van der Waals surface area contributed by atoms with Crippen LogP contribution in [0.3, 0.4) is 0 Å². The number of nitrogens with zero attached hydrogens (tertiary/aromatic N) is 4. The van der Waals surface area contributed by atoms with Crippen molar-refractivity contribution in [1.29, 1.82) is 0 Å². The smallest absolute Gasteiger partial charge is 0.146 e. The second-order valence-electron chi connectivity index (χ2n) is 5.12. The second kappa shape index (κ2) is 8.82. The largest absolute Gasteiger partial charge is 0.358 e. The fraction of sp³-hybridized carbons (Fsp3) is 0.714. The SMILES string of the molecule is CCCNCc1cnc(N(C)CCCN(C)C)cn1. The first-order valence-corrected chi connectivity index (χ1v) is 7.01. The number of hydrogen-bond donors (Lipinski definition) is 1. The zero-order valence-electron chi connectivity index (χ0n) is 12.7. The van der Waals surface area contributed by atoms with Gasteiger partial charge in [0.1, 0.15) is 5.82 Å². The Morgan fingerprint density at radius 3 is 2.47 bits per heavy atom. The van der Waals surface area contributed by atoms with E-state index in [0.29, 0.717) is 0 Å². The minimum absolute atomic E-state index is 0.797. The lowest BCUT2D eigenvalue weighted by molar-refractivity contribution is 0.401. The highest BCUT2D eigenvalue weighted by molar-refractivity contribution is 5.34. The highest BCUT2D eigenvalue weighted by Crippen LogP contribution is 2.07. The molecular weight excluding hydrogens is 238 g/mol. The Kier molecular flexibility index (Phi) is 7.36. The highest BCUT2D eigenvalue weighted by atomic mass is 15.2. The third-order valence-electron chi connectivity index (χ3n) is 2.91. The average Bonchev–Trinajstić information content (AvgIpc) is 2.39. The second-order valence-corrected chi connectivity index (χ2v) is 5.12. The molecule has 1 N–H and O–H groups in total. The monoisotopic (exact) mass is 265 g/mol. The molecule has 19 heavy (non-hydrogen) atoms. The first kappa shape index (κ1) is 15.9. The van der Waals surface area contributed by atoms with Crippen LogP contribution in [-0.4, -0.2) is 55.6 Å². The summed E-state index contributed by atoms with van der Waals surface area (Å²) in [6, 6.07) is 0. The van der Waals surface area contributed by atoms with Gasteiger partial charge >= 0.3 is 0 Å². The van der Waals surface area contributed by atoms with Gasteiger partial charge in [-0.2, -0.15) is 0 Å². The molecule has 0 spiro atoms. The van der Waals surface area contributed by atoms with Crippen LogP contribution in [-0.2, 0) is 6.54 Å². The van der Waals surface area contributed by atoms with Gasteiger partial charge in [-0.15, -0.1) is 0 Å². The van der Waals surface area contributed by atoms with Crippen LogP contribution < -0.4 is 10.2 Å². The number of hydrogen-bond acceptors (Lipinski definition) is 5. The van der Waals surface area contributed by atoms with E-state index in [-0.39, 0.29) is 0 Å². The van der Waals surface area contributed by atoms with Crippen LogP contribution in [0.1, 0.15) is 25.5 Å². The minimum Gasteiger partial charge on any atom is -0.358 e. The summed E-state index contributed by atoms with van der Waals surface area (Å²) in [5.74, 6) is 0.943. The molecule has 108 valence electrons. The van der Waals surface area contributed by atoms with Crippen molar-refractivity contribution in [2.75, 3.05) is 45.7 Å². The zero-order chi connectivity index (χ0) is 14.1. The quantitative estimate of drug-likeness (QED) is 0.683. The Labute approximate surface area is 117 Å². The van der Waals surface area contributed by atoms with Gasteiger partial charge in [-0.3, -0.25) is 4.98 Å². The van der Waals surface area contributed by atoms with E-state index in [9.17, 15) is 0 Å². The van der Waals surface area contributed by atoms with Gasteiger partial charge in [0.05, 0.1) is 18.1 Å². The van der Waals surface area contributed by atoms with Crippen molar-refractivity contribution < 1.29 is 0 Å². The van der Waals surface area contributed by atoms with E-state index in [1.165, 1.54) is 0 Å². The molecule has 5 nitrogen and oxygen atoms in total. The van der Waals surface area contributed by atoms with E-state index in [1.807, 2.05) is 12.4 Å². The summed E-state index contributed by atoms with van der Waals surface area (Å²) >= 11 is 0. The topological polar surface area (TPSA) is 44.3 Å². The molecule has 0 saturated heterocycles. The molecule has 0 aliphatic heterocycles. The van der Waals surface area contributed by atoms with Crippen LogP contribution in [0.2, 0.25) is 0 Å². The van der Waals surface area contributed by atoms with E-state index in [1.54, 1.807) is 0 Å². The van der Waals surface area contributed by atoms with Gasteiger partial charge in [-0.1, -0.05) is 6.92 Å². The first-order chi connectivity index (χ1) is 9.13. The van der Waals surface area contributed by atoms with Gasteiger partial charge in [0.25, 0.3) is 0 Å². The number of anilines is 1. The third-order valence-corrected chi connectivity index (χ3v) is 2.91. The van der Waals surface area contributed by atoms with E-state index >= 15 is 0 Å². The van der Waals surface area contributed by atoms with Crippen molar-refractivity contribution in [3.63, 3.8) is 0 Å². The highest BCUT2D eigenvalue weighted by Gasteiger charge is 2.03. The van der Waals surface area contributed by atoms with Crippen LogP contribution >= 0.6 is 0 Å². The summed E-state index contributed by atoms with van der Waals surface area (Å²) in [5, 5.41) is 3.33. The molecule has 0 aliphatic rings. The Morgan fingerprint density at radius 2 is 1.89 bits per heavy atom. The third kappa shape index (κ3) is 6.50. The zero-order valence-corrected chi connectivity index (χ0v) is 12.7. The standard InChI is InChI=1S/C14H27N5/c1-5-7-15-10-13-11-17-14(12-16-13)19(4)9-6-8-18(2)3/h11-12,15H,5-10H2,1-4H3. The predicted octanol–water partition coefficient (Wildman–Crippen LogP) is 1.36. The summed E-state index contributed by atoms with van der Waals surface area (Å²) in [6.07, 6.45) is 5.99. The van der Waals surface area contributed by atoms with E-state index in [0.717, 1.165) is 50.5 Å². The maximum Gasteiger partial charge on any atom is 0.146 e. The lowest BCUT2D eigenvalue weighted by Crippen LogP contribution is -2.24. The molecular formula is C14H27N5. The molecule has 0 atom stereocenters. The molecule has 5 heteroatoms. The Hall–Kier alpha value is -1.20. The fourth-order valence-electron chi connectivity index (χ4n) is 1.77. The maximum absolute atomic E-state index is 4.46. The number of nitrogens with one attached hydrogen (secondary N) is 1. The van der Waals surface area contributed by atoms with Crippen molar-refractivity contribution in [3.05, 3.63) is 18.1 Å². The summed E-state index contributed by atoms with van der Waals surface area (Å²) in [7, 11) is 6.25. The summed E-state index contributed by atoms with van der Waals surface area (Å²) in [6.45, 7) is 6.07. The van der Waals surface area contributed by atoms with Crippen molar-refractivity contribution in [1.82, 2.24) is 20.2 Å². The van der Waals surface area contributed by atoms with Crippen LogP contribution in [0.25, 0.3) is 0 Å². The average molecular weight is 265 g/mol. The van der Waals surface area contributed by atoms with Gasteiger partial charge < -0.3 is 15.1 Å². The van der Waals surface area contributed by atoms with Crippen molar-refractivity contribution in [3.8, 4) is 0 Å². The van der Waals surface area contributed by atoms with Crippen LogP contribution in [0.15, 0.2) is 12.4 Å². The molecule has 0 radical (unpaired) electrons. The predicted molar refractivity (Wildman–Crippen MR) is 80.5 cm³/mol. The minimum atomic E-state index is 0.797. The van der Waals surface area contributed by atoms with Crippen molar-refractivity contribution in [2.24, 2.45) is 0 Å². The lowest BCUT2D eigenvalue weighted by Gasteiger charge is -2.19. The molecule has 0 fully saturated rings. The van der Waals surface area contributed by atoms with Crippen molar-refractivity contribution in [2.45, 2.75) is 26.3 Å². The van der Waals surface area contributed by atoms with Crippen LogP contribution in [0, 0.1) is 0 Å². The summed E-state index contributed by atoms with van der Waals surface area (Å²) in [5.41, 5.74) is 0.999. The molecule has 0 aliphatic carbocycles. The van der Waals surface area contributed by atoms with Crippen molar-refractivity contribution >= 4 is 5.82 Å². The molecule has 0 saturated carbocycles. The fourth-order valence-corrected chi connectivity index (χ4v) is 1.77. The van der Waals surface area contributed by atoms with E-state index in [4.69, 9.17) is 0 Å². The molecule has 1 rings (SSSR count).